The van der Waals surface area contributed by atoms with Gasteiger partial charge < -0.3 is 5.32 Å². The Bertz CT molecular complexity index is 579. The third-order valence-corrected chi connectivity index (χ3v) is 5.40. The van der Waals surface area contributed by atoms with Crippen LogP contribution in [0, 0.1) is 25.6 Å². The number of piperidine rings is 1. The highest BCUT2D eigenvalue weighted by Crippen LogP contribution is 2.19. The fraction of sp³-hybridized carbons (Fsp3) is 0.600. The summed E-state index contributed by atoms with van der Waals surface area (Å²) < 4.78 is 40.7. The van der Waals surface area contributed by atoms with Gasteiger partial charge in [-0.2, -0.15) is 0 Å². The van der Waals surface area contributed by atoms with E-state index in [4.69, 9.17) is 0 Å². The number of hydrogen-bond acceptors (Lipinski definition) is 3. The van der Waals surface area contributed by atoms with Crippen LogP contribution in [-0.4, -0.2) is 28.1 Å². The average molecular weight is 351 g/mol. The molecular weight excluding hydrogens is 327 g/mol. The summed E-state index contributed by atoms with van der Waals surface area (Å²) >= 11 is 0. The fourth-order valence-electron chi connectivity index (χ4n) is 2.71. The fourth-order valence-corrected chi connectivity index (χ4v) is 3.93. The molecule has 1 aromatic rings. The first-order valence-electron chi connectivity index (χ1n) is 7.37. The number of aryl methyl sites for hydroxylation is 2. The van der Waals surface area contributed by atoms with Crippen LogP contribution in [0.25, 0.3) is 0 Å². The van der Waals surface area contributed by atoms with Crippen LogP contribution in [0.2, 0.25) is 0 Å². The minimum absolute atomic E-state index is 0. The van der Waals surface area contributed by atoms with Crippen molar-refractivity contribution in [1.82, 2.24) is 10.0 Å². The highest BCUT2D eigenvalue weighted by molar-refractivity contribution is 7.89. The van der Waals surface area contributed by atoms with Crippen LogP contribution in [0.15, 0.2) is 17.0 Å². The van der Waals surface area contributed by atoms with Gasteiger partial charge in [-0.25, -0.2) is 17.5 Å². The molecule has 0 aromatic heterocycles. The zero-order valence-corrected chi connectivity index (χ0v) is 14.6. The van der Waals surface area contributed by atoms with Gasteiger partial charge in [-0.1, -0.05) is 0 Å². The molecule has 1 unspecified atom stereocenters. The summed E-state index contributed by atoms with van der Waals surface area (Å²) in [5.41, 5.74) is 0.707. The van der Waals surface area contributed by atoms with E-state index in [1.807, 2.05) is 0 Å². The van der Waals surface area contributed by atoms with Crippen molar-refractivity contribution in [3.8, 4) is 0 Å². The number of benzene rings is 1. The predicted octanol–water partition coefficient (Wildman–Crippen LogP) is 2.53. The van der Waals surface area contributed by atoms with Gasteiger partial charge in [0.1, 0.15) is 5.82 Å². The quantitative estimate of drug-likeness (QED) is 0.858. The second-order valence-electron chi connectivity index (χ2n) is 5.77. The second kappa shape index (κ2) is 8.24. The number of rotatable bonds is 5. The first-order chi connectivity index (χ1) is 9.90. The molecule has 1 aliphatic heterocycles. The summed E-state index contributed by atoms with van der Waals surface area (Å²) in [7, 11) is -3.56. The van der Waals surface area contributed by atoms with Crippen molar-refractivity contribution in [2.24, 2.45) is 5.92 Å². The van der Waals surface area contributed by atoms with E-state index >= 15 is 0 Å². The molecule has 1 aliphatic rings. The van der Waals surface area contributed by atoms with E-state index in [9.17, 15) is 12.8 Å². The van der Waals surface area contributed by atoms with E-state index in [2.05, 4.69) is 10.0 Å². The number of hydrogen-bond donors (Lipinski definition) is 2. The van der Waals surface area contributed by atoms with Crippen molar-refractivity contribution in [3.63, 3.8) is 0 Å². The van der Waals surface area contributed by atoms with Crippen LogP contribution < -0.4 is 10.0 Å². The molecule has 0 aliphatic carbocycles. The Morgan fingerprint density at radius 1 is 1.32 bits per heavy atom. The summed E-state index contributed by atoms with van der Waals surface area (Å²) in [5, 5.41) is 3.32. The van der Waals surface area contributed by atoms with Crippen molar-refractivity contribution < 1.29 is 12.8 Å². The molecule has 7 heteroatoms. The Hall–Kier alpha value is -0.690. The smallest absolute Gasteiger partial charge is 0.240 e. The monoisotopic (exact) mass is 350 g/mol. The normalized spacial score (nSPS) is 18.8. The molecular formula is C15H24ClFN2O2S. The standard InChI is InChI=1S/C15H23FN2O2S.ClH/c1-11-8-14(9-12(2)15(11)16)21(19,20)18-7-5-13-4-3-6-17-10-13;/h8-9,13,17-18H,3-7,10H2,1-2H3;1H. The first kappa shape index (κ1) is 19.4. The van der Waals surface area contributed by atoms with Crippen LogP contribution in [0.4, 0.5) is 4.39 Å². The molecule has 22 heavy (non-hydrogen) atoms. The Morgan fingerprint density at radius 3 is 2.50 bits per heavy atom. The van der Waals surface area contributed by atoms with E-state index in [0.29, 0.717) is 23.6 Å². The molecule has 1 atom stereocenters. The molecule has 2 rings (SSSR count). The molecule has 0 spiro atoms. The summed E-state index contributed by atoms with van der Waals surface area (Å²) in [4.78, 5) is 0.140. The van der Waals surface area contributed by atoms with Crippen LogP contribution in [-0.2, 0) is 10.0 Å². The number of halogens is 2. The lowest BCUT2D eigenvalue weighted by atomic mass is 9.96. The Morgan fingerprint density at radius 2 is 1.95 bits per heavy atom. The van der Waals surface area contributed by atoms with Gasteiger partial charge in [0.25, 0.3) is 0 Å². The number of sulfonamides is 1. The molecule has 0 radical (unpaired) electrons. The highest BCUT2D eigenvalue weighted by Gasteiger charge is 2.18. The predicted molar refractivity (Wildman–Crippen MR) is 88.5 cm³/mol. The largest absolute Gasteiger partial charge is 0.316 e. The Kier molecular flexibility index (Phi) is 7.25. The average Bonchev–Trinajstić information content (AvgIpc) is 2.45. The minimum Gasteiger partial charge on any atom is -0.316 e. The molecule has 126 valence electrons. The van der Waals surface area contributed by atoms with Crippen molar-refractivity contribution in [3.05, 3.63) is 29.1 Å². The molecule has 2 N–H and O–H groups in total. The molecule has 1 aromatic carbocycles. The summed E-state index contributed by atoms with van der Waals surface area (Å²) in [6, 6.07) is 2.76. The molecule has 4 nitrogen and oxygen atoms in total. The van der Waals surface area contributed by atoms with Gasteiger partial charge >= 0.3 is 0 Å². The van der Waals surface area contributed by atoms with E-state index in [0.717, 1.165) is 32.4 Å². The maximum absolute atomic E-state index is 13.6. The van der Waals surface area contributed by atoms with Crippen molar-refractivity contribution in [2.75, 3.05) is 19.6 Å². The molecule has 1 fully saturated rings. The highest BCUT2D eigenvalue weighted by atomic mass is 35.5. The lowest BCUT2D eigenvalue weighted by molar-refractivity contribution is 0.358. The van der Waals surface area contributed by atoms with Crippen LogP contribution in [0.5, 0.6) is 0 Å². The Balaban J connectivity index is 0.00000242. The van der Waals surface area contributed by atoms with E-state index in [1.54, 1.807) is 13.8 Å². The first-order valence-corrected chi connectivity index (χ1v) is 8.85. The van der Waals surface area contributed by atoms with Gasteiger partial charge in [-0.05, 0) is 75.4 Å². The van der Waals surface area contributed by atoms with Gasteiger partial charge in [0.2, 0.25) is 10.0 Å². The van der Waals surface area contributed by atoms with Crippen molar-refractivity contribution in [1.29, 1.82) is 0 Å². The molecule has 0 saturated carbocycles. The van der Waals surface area contributed by atoms with E-state index < -0.39 is 10.0 Å². The van der Waals surface area contributed by atoms with Gasteiger partial charge in [-0.15, -0.1) is 12.4 Å². The van der Waals surface area contributed by atoms with Gasteiger partial charge in [0.15, 0.2) is 0 Å². The third-order valence-electron chi connectivity index (χ3n) is 3.96. The Labute approximate surface area is 138 Å². The van der Waals surface area contributed by atoms with Crippen molar-refractivity contribution in [2.45, 2.75) is 38.0 Å². The van der Waals surface area contributed by atoms with E-state index in [1.165, 1.54) is 12.1 Å². The van der Waals surface area contributed by atoms with Gasteiger partial charge in [0.05, 0.1) is 4.90 Å². The second-order valence-corrected chi connectivity index (χ2v) is 7.54. The zero-order valence-electron chi connectivity index (χ0n) is 13.0. The minimum atomic E-state index is -3.56. The maximum atomic E-state index is 13.6. The number of nitrogens with one attached hydrogen (secondary N) is 2. The topological polar surface area (TPSA) is 58.2 Å². The van der Waals surface area contributed by atoms with Gasteiger partial charge in [-0.3, -0.25) is 0 Å². The van der Waals surface area contributed by atoms with E-state index in [-0.39, 0.29) is 23.1 Å². The van der Waals surface area contributed by atoms with Crippen LogP contribution in [0.1, 0.15) is 30.4 Å². The zero-order chi connectivity index (χ0) is 15.5. The molecule has 1 heterocycles. The summed E-state index contributed by atoms with van der Waals surface area (Å²) in [5.74, 6) is 0.181. The third kappa shape index (κ3) is 4.91. The van der Waals surface area contributed by atoms with Crippen LogP contribution >= 0.6 is 12.4 Å². The lowest BCUT2D eigenvalue weighted by Crippen LogP contribution is -2.33. The van der Waals surface area contributed by atoms with Crippen molar-refractivity contribution >= 4 is 22.4 Å². The summed E-state index contributed by atoms with van der Waals surface area (Å²) in [6.45, 7) is 5.58. The van der Waals surface area contributed by atoms with Gasteiger partial charge in [0, 0.05) is 6.54 Å². The molecule has 1 saturated heterocycles. The van der Waals surface area contributed by atoms with Crippen LogP contribution in [0.3, 0.4) is 0 Å². The molecule has 0 bridgehead atoms. The lowest BCUT2D eigenvalue weighted by Gasteiger charge is -2.22. The summed E-state index contributed by atoms with van der Waals surface area (Å²) in [6.07, 6.45) is 3.11. The molecule has 0 amide bonds. The maximum Gasteiger partial charge on any atom is 0.240 e. The SMILES string of the molecule is Cc1cc(S(=O)(=O)NCCC2CCCNC2)cc(C)c1F.Cl.